The van der Waals surface area contributed by atoms with Crippen molar-refractivity contribution in [1.82, 2.24) is 10.2 Å². The molecule has 1 heterocycles. The Morgan fingerprint density at radius 1 is 1.17 bits per heavy atom. The fourth-order valence-electron chi connectivity index (χ4n) is 2.03. The maximum atomic E-state index is 13.5. The molecule has 1 aromatic heterocycles. The van der Waals surface area contributed by atoms with Gasteiger partial charge in [0.2, 0.25) is 18.2 Å². The highest BCUT2D eigenvalue weighted by Gasteiger charge is 2.07. The number of aromatic nitrogens is 2. The van der Waals surface area contributed by atoms with Crippen LogP contribution in [0.25, 0.3) is 11.5 Å². The second-order valence-corrected chi connectivity index (χ2v) is 6.04. The van der Waals surface area contributed by atoms with Crippen LogP contribution in [0.2, 0.25) is 0 Å². The number of halogens is 1. The zero-order chi connectivity index (χ0) is 16.8. The molecule has 0 saturated heterocycles. The fraction of sp³-hybridized carbons (Fsp3) is 0.118. The summed E-state index contributed by atoms with van der Waals surface area (Å²) in [6.45, 7) is 0. The summed E-state index contributed by atoms with van der Waals surface area (Å²) < 4.78 is 18.6. The summed E-state index contributed by atoms with van der Waals surface area (Å²) in [5.74, 6) is 0.547. The number of hydrogen-bond acceptors (Lipinski definition) is 5. The predicted octanol–water partition coefficient (Wildman–Crippen LogP) is 4.00. The first-order valence-electron chi connectivity index (χ1n) is 7.26. The molecule has 0 atom stereocenters. The molecule has 0 bridgehead atoms. The normalized spacial score (nSPS) is 10.5. The van der Waals surface area contributed by atoms with Crippen LogP contribution in [0.3, 0.4) is 0 Å². The highest BCUT2D eigenvalue weighted by atomic mass is 32.2. The van der Waals surface area contributed by atoms with E-state index in [4.69, 9.17) is 4.42 Å². The molecule has 1 N–H and O–H groups in total. The number of nitrogens with one attached hydrogen (secondary N) is 1. The van der Waals surface area contributed by atoms with Crippen molar-refractivity contribution in [1.29, 1.82) is 0 Å². The molecule has 5 nitrogen and oxygen atoms in total. The summed E-state index contributed by atoms with van der Waals surface area (Å²) in [6.07, 6.45) is 1.56. The third-order valence-corrected chi connectivity index (χ3v) is 4.25. The molecule has 0 saturated carbocycles. The summed E-state index contributed by atoms with van der Waals surface area (Å²) in [6, 6.07) is 13.6. The first kappa shape index (κ1) is 16.2. The molecule has 1 amide bonds. The van der Waals surface area contributed by atoms with Gasteiger partial charge in [-0.3, -0.25) is 4.79 Å². The predicted molar refractivity (Wildman–Crippen MR) is 90.1 cm³/mol. The third kappa shape index (κ3) is 4.20. The number of benzene rings is 2. The Morgan fingerprint density at radius 2 is 1.96 bits per heavy atom. The van der Waals surface area contributed by atoms with Gasteiger partial charge in [0.1, 0.15) is 5.82 Å². The molecule has 3 rings (SSSR count). The summed E-state index contributed by atoms with van der Waals surface area (Å²) in [5.41, 5.74) is 1.46. The van der Waals surface area contributed by atoms with Crippen molar-refractivity contribution in [2.24, 2.45) is 0 Å². The maximum absolute atomic E-state index is 13.5. The van der Waals surface area contributed by atoms with E-state index in [1.807, 2.05) is 0 Å². The Balaban J connectivity index is 1.49. The number of thioether (sulfide) groups is 1. The Kier molecular flexibility index (Phi) is 5.22. The second-order valence-electron chi connectivity index (χ2n) is 4.90. The van der Waals surface area contributed by atoms with E-state index in [9.17, 15) is 9.18 Å². The topological polar surface area (TPSA) is 68.0 Å². The molecule has 2 aromatic carbocycles. The highest BCUT2D eigenvalue weighted by molar-refractivity contribution is 7.99. The fourth-order valence-corrected chi connectivity index (χ4v) is 2.92. The van der Waals surface area contributed by atoms with E-state index in [0.717, 1.165) is 5.56 Å². The number of rotatable bonds is 6. The lowest BCUT2D eigenvalue weighted by molar-refractivity contribution is -0.115. The van der Waals surface area contributed by atoms with Gasteiger partial charge in [0.15, 0.2) is 0 Å². The summed E-state index contributed by atoms with van der Waals surface area (Å²) in [5, 5.41) is 10.2. The van der Waals surface area contributed by atoms with E-state index in [0.29, 0.717) is 28.6 Å². The Morgan fingerprint density at radius 3 is 2.67 bits per heavy atom. The Bertz CT molecular complexity index is 807. The van der Waals surface area contributed by atoms with Crippen molar-refractivity contribution in [3.63, 3.8) is 0 Å². The van der Waals surface area contributed by atoms with Gasteiger partial charge in [-0.05, 0) is 36.4 Å². The minimum atomic E-state index is -0.264. The molecule has 0 spiro atoms. The van der Waals surface area contributed by atoms with E-state index in [1.165, 1.54) is 24.2 Å². The number of carbonyl (C=O) groups excluding carboxylic acids is 1. The second kappa shape index (κ2) is 7.74. The smallest absolute Gasteiger partial charge is 0.247 e. The number of anilines is 1. The average Bonchev–Trinajstić information content (AvgIpc) is 3.12. The van der Waals surface area contributed by atoms with E-state index in [1.54, 1.807) is 42.5 Å². The monoisotopic (exact) mass is 343 g/mol. The van der Waals surface area contributed by atoms with E-state index in [-0.39, 0.29) is 11.7 Å². The van der Waals surface area contributed by atoms with Crippen LogP contribution >= 0.6 is 11.8 Å². The summed E-state index contributed by atoms with van der Waals surface area (Å²) >= 11 is 1.32. The molecular formula is C17H14FN3O2S. The van der Waals surface area contributed by atoms with Gasteiger partial charge < -0.3 is 9.73 Å². The zero-order valence-electron chi connectivity index (χ0n) is 12.6. The number of hydrogen-bond donors (Lipinski definition) is 1. The van der Waals surface area contributed by atoms with Crippen LogP contribution in [-0.2, 0) is 4.79 Å². The van der Waals surface area contributed by atoms with Gasteiger partial charge in [-0.15, -0.1) is 22.0 Å². The minimum Gasteiger partial charge on any atom is -0.423 e. The molecule has 122 valence electrons. The molecule has 0 fully saturated rings. The zero-order valence-corrected chi connectivity index (χ0v) is 13.4. The van der Waals surface area contributed by atoms with E-state index in [2.05, 4.69) is 15.5 Å². The number of amides is 1. The van der Waals surface area contributed by atoms with Crippen LogP contribution in [0.5, 0.6) is 0 Å². The van der Waals surface area contributed by atoms with Crippen LogP contribution in [-0.4, -0.2) is 21.9 Å². The average molecular weight is 343 g/mol. The molecule has 0 aliphatic rings. The van der Waals surface area contributed by atoms with Gasteiger partial charge in [-0.2, -0.15) is 0 Å². The third-order valence-electron chi connectivity index (χ3n) is 3.20. The van der Waals surface area contributed by atoms with Crippen molar-refractivity contribution < 1.29 is 13.6 Å². The lowest BCUT2D eigenvalue weighted by atomic mass is 10.2. The quantitative estimate of drug-likeness (QED) is 0.685. The molecule has 24 heavy (non-hydrogen) atoms. The van der Waals surface area contributed by atoms with Gasteiger partial charge in [0, 0.05) is 28.3 Å². The maximum Gasteiger partial charge on any atom is 0.247 e. The Hall–Kier alpha value is -2.67. The molecule has 3 aromatic rings. The number of carbonyl (C=O) groups is 1. The SMILES string of the molecule is O=C(CCSc1ccccc1F)Nc1ccc(-c2nnco2)cc1. The van der Waals surface area contributed by atoms with Gasteiger partial charge in [-0.25, -0.2) is 4.39 Å². The summed E-state index contributed by atoms with van der Waals surface area (Å²) in [7, 11) is 0. The Labute approximate surface area is 142 Å². The van der Waals surface area contributed by atoms with Gasteiger partial charge in [0.05, 0.1) is 0 Å². The lowest BCUT2D eigenvalue weighted by Gasteiger charge is -2.06. The van der Waals surface area contributed by atoms with Crippen molar-refractivity contribution in [3.05, 3.63) is 60.7 Å². The molecule has 0 aliphatic heterocycles. The molecule has 0 aliphatic carbocycles. The first-order valence-corrected chi connectivity index (χ1v) is 8.25. The lowest BCUT2D eigenvalue weighted by Crippen LogP contribution is -2.12. The van der Waals surface area contributed by atoms with Crippen LogP contribution in [0.1, 0.15) is 6.42 Å². The highest BCUT2D eigenvalue weighted by Crippen LogP contribution is 2.22. The largest absolute Gasteiger partial charge is 0.423 e. The number of nitrogens with zero attached hydrogens (tertiary/aromatic N) is 2. The van der Waals surface area contributed by atoms with Crippen LogP contribution in [0.4, 0.5) is 10.1 Å². The molecule has 7 heteroatoms. The van der Waals surface area contributed by atoms with Crippen molar-refractivity contribution in [2.75, 3.05) is 11.1 Å². The van der Waals surface area contributed by atoms with Gasteiger partial charge >= 0.3 is 0 Å². The van der Waals surface area contributed by atoms with Gasteiger partial charge in [-0.1, -0.05) is 12.1 Å². The van der Waals surface area contributed by atoms with Crippen LogP contribution in [0, 0.1) is 5.82 Å². The van der Waals surface area contributed by atoms with Gasteiger partial charge in [0.25, 0.3) is 0 Å². The van der Waals surface area contributed by atoms with Crippen molar-refractivity contribution in [3.8, 4) is 11.5 Å². The van der Waals surface area contributed by atoms with E-state index >= 15 is 0 Å². The minimum absolute atomic E-state index is 0.121. The molecule has 0 radical (unpaired) electrons. The van der Waals surface area contributed by atoms with Crippen molar-refractivity contribution in [2.45, 2.75) is 11.3 Å². The molecule has 0 unspecified atom stereocenters. The van der Waals surface area contributed by atoms with Crippen LogP contribution in [0.15, 0.2) is 64.2 Å². The van der Waals surface area contributed by atoms with Crippen molar-refractivity contribution >= 4 is 23.4 Å². The van der Waals surface area contributed by atoms with E-state index < -0.39 is 0 Å². The standard InChI is InChI=1S/C17H14FN3O2S/c18-14-3-1-2-4-15(14)24-10-9-16(22)20-13-7-5-12(6-8-13)17-21-19-11-23-17/h1-8,11H,9-10H2,(H,20,22). The molecular weight excluding hydrogens is 329 g/mol. The summed E-state index contributed by atoms with van der Waals surface area (Å²) in [4.78, 5) is 12.5. The van der Waals surface area contributed by atoms with Crippen LogP contribution < -0.4 is 5.32 Å². The first-order chi connectivity index (χ1) is 11.7.